The van der Waals surface area contributed by atoms with E-state index in [1.54, 1.807) is 18.2 Å². The van der Waals surface area contributed by atoms with Crippen LogP contribution in [0.4, 0.5) is 0 Å². The van der Waals surface area contributed by atoms with Crippen molar-refractivity contribution in [3.05, 3.63) is 40.5 Å². The highest BCUT2D eigenvalue weighted by atomic mass is 35.5. The Morgan fingerprint density at radius 1 is 1.31 bits per heavy atom. The van der Waals surface area contributed by atoms with Crippen LogP contribution in [0.1, 0.15) is 0 Å². The lowest BCUT2D eigenvalue weighted by Gasteiger charge is -1.99. The van der Waals surface area contributed by atoms with Crippen molar-refractivity contribution in [3.63, 3.8) is 0 Å². The minimum Gasteiger partial charge on any atom is -0.276 e. The molecule has 0 unspecified atom stereocenters. The number of nitrogens with one attached hydrogen (secondary N) is 1. The van der Waals surface area contributed by atoms with Gasteiger partial charge in [0.15, 0.2) is 0 Å². The molecule has 0 aliphatic carbocycles. The zero-order valence-electron chi connectivity index (χ0n) is 6.51. The van der Waals surface area contributed by atoms with Crippen LogP contribution in [0.25, 0.3) is 11.3 Å². The van der Waals surface area contributed by atoms with Crippen molar-refractivity contribution in [2.24, 2.45) is 0 Å². The fourth-order valence-electron chi connectivity index (χ4n) is 1.06. The van der Waals surface area contributed by atoms with Gasteiger partial charge in [-0.2, -0.15) is 5.10 Å². The first-order valence-corrected chi connectivity index (χ1v) is 4.40. The molecule has 65 valence electrons. The molecule has 1 aromatic heterocycles. The predicted octanol–water partition coefficient (Wildman–Crippen LogP) is 3.18. The van der Waals surface area contributed by atoms with Crippen LogP contribution in [0.5, 0.6) is 0 Å². The molecule has 1 heterocycles. The maximum Gasteiger partial charge on any atom is 0.0942 e. The second-order valence-electron chi connectivity index (χ2n) is 2.52. The normalized spacial score (nSPS) is 10.3. The topological polar surface area (TPSA) is 28.7 Å². The monoisotopic (exact) mass is 211 g/mol. The van der Waals surface area contributed by atoms with Crippen molar-refractivity contribution in [2.45, 2.75) is 0 Å². The summed E-state index contributed by atoms with van der Waals surface area (Å²) < 4.78 is 0. The smallest absolute Gasteiger partial charge is 0.0942 e. The zero-order chi connectivity index (χ0) is 9.26. The molecule has 0 amide bonds. The molecule has 0 spiro atoms. The maximum atomic E-state index is 5.97. The highest BCUT2D eigenvalue weighted by Crippen LogP contribution is 2.28. The van der Waals surface area contributed by atoms with E-state index in [0.717, 1.165) is 11.3 Å². The molecule has 0 fully saturated rings. The van der Waals surface area contributed by atoms with Gasteiger partial charge in [-0.15, -0.1) is 0 Å². The van der Waals surface area contributed by atoms with Crippen LogP contribution in [-0.2, 0) is 0 Å². The van der Waals surface area contributed by atoms with E-state index in [4.69, 9.17) is 23.2 Å². The van der Waals surface area contributed by atoms with Crippen LogP contribution in [0.3, 0.4) is 0 Å². The summed E-state index contributed by atoms with van der Waals surface area (Å²) >= 11 is 11.7. The number of hydrogen-bond donors (Lipinski definition) is 1. The largest absolute Gasteiger partial charge is 0.276 e. The van der Waals surface area contributed by atoms with Gasteiger partial charge in [0.05, 0.1) is 16.9 Å². The third-order valence-electron chi connectivity index (χ3n) is 1.66. The first-order chi connectivity index (χ1) is 6.27. The molecule has 1 N–H and O–H groups in total. The Morgan fingerprint density at radius 3 is 2.77 bits per heavy atom. The first kappa shape index (κ1) is 8.60. The van der Waals surface area contributed by atoms with E-state index in [1.165, 1.54) is 0 Å². The number of nitrogens with zero attached hydrogens (tertiary/aromatic N) is 1. The lowest BCUT2D eigenvalue weighted by atomic mass is 10.1. The Labute approximate surface area is 85.5 Å². The summed E-state index contributed by atoms with van der Waals surface area (Å²) in [5, 5.41) is 7.78. The van der Waals surface area contributed by atoms with Crippen LogP contribution in [-0.4, -0.2) is 10.2 Å². The minimum absolute atomic E-state index is 0.591. The SMILES string of the molecule is Clc1ccc(-c2c[c][nH]n2)c(Cl)c1. The Kier molecular flexibility index (Phi) is 2.25. The minimum atomic E-state index is 0.591. The van der Waals surface area contributed by atoms with E-state index >= 15 is 0 Å². The number of halogens is 2. The fourth-order valence-corrected chi connectivity index (χ4v) is 1.57. The number of H-pyrrole nitrogens is 1. The quantitative estimate of drug-likeness (QED) is 0.772. The Hall–Kier alpha value is -0.990. The molecule has 13 heavy (non-hydrogen) atoms. The molecule has 0 saturated heterocycles. The molecule has 2 aromatic rings. The molecule has 1 aromatic carbocycles. The van der Waals surface area contributed by atoms with E-state index in [9.17, 15) is 0 Å². The molecule has 0 aliphatic heterocycles. The molecule has 4 heteroatoms. The molecule has 1 radical (unpaired) electrons. The van der Waals surface area contributed by atoms with Crippen molar-refractivity contribution in [2.75, 3.05) is 0 Å². The van der Waals surface area contributed by atoms with E-state index in [0.29, 0.717) is 10.0 Å². The van der Waals surface area contributed by atoms with E-state index < -0.39 is 0 Å². The maximum absolute atomic E-state index is 5.97. The van der Waals surface area contributed by atoms with Gasteiger partial charge in [-0.25, -0.2) is 0 Å². The lowest BCUT2D eigenvalue weighted by molar-refractivity contribution is 1.09. The van der Waals surface area contributed by atoms with Gasteiger partial charge in [0.2, 0.25) is 0 Å². The summed E-state index contributed by atoms with van der Waals surface area (Å²) in [5.74, 6) is 0. The van der Waals surface area contributed by atoms with Gasteiger partial charge in [0, 0.05) is 10.6 Å². The van der Waals surface area contributed by atoms with Gasteiger partial charge < -0.3 is 0 Å². The number of aromatic nitrogens is 2. The molecular weight excluding hydrogens is 207 g/mol. The van der Waals surface area contributed by atoms with Crippen LogP contribution < -0.4 is 0 Å². The van der Waals surface area contributed by atoms with Gasteiger partial charge in [-0.3, -0.25) is 5.10 Å². The Morgan fingerprint density at radius 2 is 2.15 bits per heavy atom. The molecule has 2 nitrogen and oxygen atoms in total. The first-order valence-electron chi connectivity index (χ1n) is 3.64. The molecule has 0 saturated carbocycles. The Bertz CT molecular complexity index is 410. The summed E-state index contributed by atoms with van der Waals surface area (Å²) in [6, 6.07) is 7.02. The van der Waals surface area contributed by atoms with Crippen LogP contribution >= 0.6 is 23.2 Å². The van der Waals surface area contributed by atoms with Gasteiger partial charge in [-0.1, -0.05) is 23.2 Å². The van der Waals surface area contributed by atoms with Gasteiger partial charge >= 0.3 is 0 Å². The average Bonchev–Trinajstić information content (AvgIpc) is 2.56. The van der Waals surface area contributed by atoms with Crippen molar-refractivity contribution in [1.29, 1.82) is 0 Å². The van der Waals surface area contributed by atoms with Crippen LogP contribution in [0.15, 0.2) is 24.3 Å². The van der Waals surface area contributed by atoms with E-state index in [1.807, 2.05) is 6.07 Å². The second kappa shape index (κ2) is 3.40. The molecule has 0 atom stereocenters. The van der Waals surface area contributed by atoms with Gasteiger partial charge in [0.25, 0.3) is 0 Å². The van der Waals surface area contributed by atoms with E-state index in [2.05, 4.69) is 16.4 Å². The standard InChI is InChI=1S/C9H5Cl2N2/c10-6-1-2-7(8(11)5-6)9-3-4-12-13-9/h1-3,5H,(H,12,13). The zero-order valence-corrected chi connectivity index (χ0v) is 8.02. The molecule has 2 rings (SSSR count). The summed E-state index contributed by atoms with van der Waals surface area (Å²) in [6.45, 7) is 0. The Balaban J connectivity index is 2.53. The van der Waals surface area contributed by atoms with Crippen molar-refractivity contribution in [3.8, 4) is 11.3 Å². The number of rotatable bonds is 1. The van der Waals surface area contributed by atoms with Crippen molar-refractivity contribution < 1.29 is 0 Å². The van der Waals surface area contributed by atoms with Crippen LogP contribution in [0, 0.1) is 6.20 Å². The molecule has 0 bridgehead atoms. The third-order valence-corrected chi connectivity index (χ3v) is 2.20. The third kappa shape index (κ3) is 1.69. The van der Waals surface area contributed by atoms with Gasteiger partial charge in [0.1, 0.15) is 0 Å². The molecular formula is C9H5Cl2N2. The summed E-state index contributed by atoms with van der Waals surface area (Å²) in [7, 11) is 0. The molecule has 0 aliphatic rings. The highest BCUT2D eigenvalue weighted by Gasteiger charge is 2.05. The summed E-state index contributed by atoms with van der Waals surface area (Å²) in [6.07, 6.45) is 2.74. The van der Waals surface area contributed by atoms with E-state index in [-0.39, 0.29) is 0 Å². The van der Waals surface area contributed by atoms with Gasteiger partial charge in [-0.05, 0) is 24.3 Å². The van der Waals surface area contributed by atoms with Crippen molar-refractivity contribution >= 4 is 23.2 Å². The van der Waals surface area contributed by atoms with Crippen LogP contribution in [0.2, 0.25) is 10.0 Å². The highest BCUT2D eigenvalue weighted by molar-refractivity contribution is 6.36. The fraction of sp³-hybridized carbons (Fsp3) is 0. The lowest BCUT2D eigenvalue weighted by Crippen LogP contribution is -1.79. The summed E-state index contributed by atoms with van der Waals surface area (Å²) in [4.78, 5) is 0. The van der Waals surface area contributed by atoms with Crippen molar-refractivity contribution in [1.82, 2.24) is 10.2 Å². The average molecular weight is 212 g/mol. The second-order valence-corrected chi connectivity index (χ2v) is 3.37. The number of aromatic amines is 1. The number of benzene rings is 1. The number of hydrogen-bond acceptors (Lipinski definition) is 1. The predicted molar refractivity (Wildman–Crippen MR) is 52.9 cm³/mol. The summed E-state index contributed by atoms with van der Waals surface area (Å²) in [5.41, 5.74) is 1.62.